The second-order valence-corrected chi connectivity index (χ2v) is 4.87. The summed E-state index contributed by atoms with van der Waals surface area (Å²) >= 11 is 1.54. The Labute approximate surface area is 110 Å². The van der Waals surface area contributed by atoms with Crippen molar-refractivity contribution in [1.29, 1.82) is 0 Å². The van der Waals surface area contributed by atoms with E-state index in [0.29, 0.717) is 11.3 Å². The highest BCUT2D eigenvalue weighted by molar-refractivity contribution is 7.98. The van der Waals surface area contributed by atoms with E-state index < -0.39 is 12.9 Å². The predicted molar refractivity (Wildman–Crippen MR) is 72.2 cm³/mol. The van der Waals surface area contributed by atoms with Crippen LogP contribution in [0.15, 0.2) is 53.4 Å². The topological polar surface area (TPSA) is 40.5 Å². The molecule has 92 valence electrons. The summed E-state index contributed by atoms with van der Waals surface area (Å²) in [4.78, 5) is 1.07. The lowest BCUT2D eigenvalue weighted by atomic mass is 9.80. The van der Waals surface area contributed by atoms with E-state index in [-0.39, 0.29) is 5.46 Å². The number of benzene rings is 2. The Morgan fingerprint density at radius 2 is 1.78 bits per heavy atom. The van der Waals surface area contributed by atoms with Crippen LogP contribution in [0.3, 0.4) is 0 Å². The van der Waals surface area contributed by atoms with Gasteiger partial charge in [0.1, 0.15) is 5.82 Å². The molecule has 0 spiro atoms. The van der Waals surface area contributed by atoms with Crippen molar-refractivity contribution in [2.45, 2.75) is 10.6 Å². The molecule has 0 saturated heterocycles. The summed E-state index contributed by atoms with van der Waals surface area (Å²) in [6.07, 6.45) is 0. The van der Waals surface area contributed by atoms with Crippen LogP contribution in [-0.4, -0.2) is 17.2 Å². The van der Waals surface area contributed by atoms with E-state index >= 15 is 0 Å². The van der Waals surface area contributed by atoms with E-state index in [1.165, 1.54) is 17.8 Å². The summed E-state index contributed by atoms with van der Waals surface area (Å²) in [6.45, 7) is 0. The number of hydrogen-bond donors (Lipinski definition) is 2. The Morgan fingerprint density at radius 1 is 1.06 bits per heavy atom. The molecule has 2 aromatic rings. The van der Waals surface area contributed by atoms with Gasteiger partial charge in [0.25, 0.3) is 0 Å². The van der Waals surface area contributed by atoms with E-state index in [9.17, 15) is 4.39 Å². The van der Waals surface area contributed by atoms with Gasteiger partial charge in [-0.3, -0.25) is 0 Å². The van der Waals surface area contributed by atoms with Crippen molar-refractivity contribution in [3.05, 3.63) is 59.9 Å². The highest BCUT2D eigenvalue weighted by Crippen LogP contribution is 2.23. The minimum Gasteiger partial charge on any atom is -0.423 e. The maximum absolute atomic E-state index is 13.7. The van der Waals surface area contributed by atoms with Crippen LogP contribution < -0.4 is 5.46 Å². The minimum atomic E-state index is -1.63. The fraction of sp³-hybridized carbons (Fsp3) is 0.0769. The van der Waals surface area contributed by atoms with Crippen LogP contribution in [0.4, 0.5) is 4.39 Å². The van der Waals surface area contributed by atoms with Gasteiger partial charge in [-0.2, -0.15) is 0 Å². The molecule has 2 rings (SSSR count). The third-order valence-electron chi connectivity index (χ3n) is 2.51. The van der Waals surface area contributed by atoms with E-state index in [1.54, 1.807) is 6.07 Å². The normalized spacial score (nSPS) is 10.4. The first kappa shape index (κ1) is 13.1. The van der Waals surface area contributed by atoms with Crippen LogP contribution in [-0.2, 0) is 5.75 Å². The van der Waals surface area contributed by atoms with Gasteiger partial charge in [-0.15, -0.1) is 11.8 Å². The lowest BCUT2D eigenvalue weighted by molar-refractivity contribution is 0.425. The molecule has 0 unspecified atom stereocenters. The zero-order valence-corrected chi connectivity index (χ0v) is 10.4. The SMILES string of the molecule is OB(O)c1ccc(CSc2ccccc2)c(F)c1. The van der Waals surface area contributed by atoms with E-state index in [2.05, 4.69) is 0 Å². The molecule has 0 aliphatic rings. The third-order valence-corrected chi connectivity index (χ3v) is 3.57. The van der Waals surface area contributed by atoms with Crippen LogP contribution in [0, 0.1) is 5.82 Å². The van der Waals surface area contributed by atoms with Gasteiger partial charge in [-0.05, 0) is 29.2 Å². The summed E-state index contributed by atoms with van der Waals surface area (Å²) in [6, 6.07) is 14.0. The maximum Gasteiger partial charge on any atom is 0.488 e. The average molecular weight is 262 g/mol. The third kappa shape index (κ3) is 3.35. The summed E-state index contributed by atoms with van der Waals surface area (Å²) in [7, 11) is -1.63. The van der Waals surface area contributed by atoms with Crippen molar-refractivity contribution in [2.24, 2.45) is 0 Å². The van der Waals surface area contributed by atoms with Crippen LogP contribution >= 0.6 is 11.8 Å². The Balaban J connectivity index is 2.06. The van der Waals surface area contributed by atoms with Gasteiger partial charge in [-0.1, -0.05) is 30.3 Å². The lowest BCUT2D eigenvalue weighted by Gasteiger charge is -2.06. The molecule has 0 atom stereocenters. The zero-order chi connectivity index (χ0) is 13.0. The second kappa shape index (κ2) is 6.04. The average Bonchev–Trinajstić information content (AvgIpc) is 2.38. The zero-order valence-electron chi connectivity index (χ0n) is 9.58. The summed E-state index contributed by atoms with van der Waals surface area (Å²) in [5, 5.41) is 17.9. The number of halogens is 1. The number of hydrogen-bond acceptors (Lipinski definition) is 3. The van der Waals surface area contributed by atoms with Gasteiger partial charge in [0.2, 0.25) is 0 Å². The molecular weight excluding hydrogens is 250 g/mol. The molecule has 0 aromatic heterocycles. The van der Waals surface area contributed by atoms with Gasteiger partial charge in [0.15, 0.2) is 0 Å². The van der Waals surface area contributed by atoms with E-state index in [0.717, 1.165) is 11.0 Å². The Hall–Kier alpha value is -1.30. The second-order valence-electron chi connectivity index (χ2n) is 3.83. The van der Waals surface area contributed by atoms with Crippen molar-refractivity contribution >= 4 is 24.3 Å². The van der Waals surface area contributed by atoms with Gasteiger partial charge in [-0.25, -0.2) is 4.39 Å². The molecule has 18 heavy (non-hydrogen) atoms. The van der Waals surface area contributed by atoms with Crippen molar-refractivity contribution < 1.29 is 14.4 Å². The Kier molecular flexibility index (Phi) is 4.41. The van der Waals surface area contributed by atoms with E-state index in [4.69, 9.17) is 10.0 Å². The predicted octanol–water partition coefficient (Wildman–Crippen LogP) is 1.80. The van der Waals surface area contributed by atoms with Crippen LogP contribution in [0.1, 0.15) is 5.56 Å². The molecule has 0 bridgehead atoms. The molecule has 0 saturated carbocycles. The van der Waals surface area contributed by atoms with Gasteiger partial charge in [0, 0.05) is 10.6 Å². The van der Waals surface area contributed by atoms with Gasteiger partial charge >= 0.3 is 7.12 Å². The first-order chi connectivity index (χ1) is 8.66. The standard InChI is InChI=1S/C13H12BFO2S/c15-13-8-11(14(16)17)7-6-10(13)9-18-12-4-2-1-3-5-12/h1-8,16-17H,9H2. The lowest BCUT2D eigenvalue weighted by Crippen LogP contribution is -2.30. The van der Waals surface area contributed by atoms with Crippen LogP contribution in [0.2, 0.25) is 0 Å². The van der Waals surface area contributed by atoms with Crippen LogP contribution in [0.25, 0.3) is 0 Å². The van der Waals surface area contributed by atoms with Crippen LogP contribution in [0.5, 0.6) is 0 Å². The molecule has 2 N–H and O–H groups in total. The van der Waals surface area contributed by atoms with Crippen molar-refractivity contribution in [1.82, 2.24) is 0 Å². The molecule has 0 heterocycles. The number of rotatable bonds is 4. The molecule has 2 nitrogen and oxygen atoms in total. The van der Waals surface area contributed by atoms with Crippen molar-refractivity contribution in [2.75, 3.05) is 0 Å². The fourth-order valence-electron chi connectivity index (χ4n) is 1.52. The van der Waals surface area contributed by atoms with Crippen molar-refractivity contribution in [3.63, 3.8) is 0 Å². The quantitative estimate of drug-likeness (QED) is 0.652. The summed E-state index contributed by atoms with van der Waals surface area (Å²) in [5.74, 6) is 0.0986. The molecule has 0 aliphatic carbocycles. The molecule has 0 aliphatic heterocycles. The smallest absolute Gasteiger partial charge is 0.423 e. The maximum atomic E-state index is 13.7. The largest absolute Gasteiger partial charge is 0.488 e. The fourth-order valence-corrected chi connectivity index (χ4v) is 2.42. The molecule has 0 radical (unpaired) electrons. The molecule has 2 aromatic carbocycles. The molecule has 0 amide bonds. The molecule has 0 fully saturated rings. The van der Waals surface area contributed by atoms with Gasteiger partial charge in [0.05, 0.1) is 0 Å². The molecular formula is C13H12BFO2S. The first-order valence-electron chi connectivity index (χ1n) is 5.49. The van der Waals surface area contributed by atoms with Crippen molar-refractivity contribution in [3.8, 4) is 0 Å². The van der Waals surface area contributed by atoms with Gasteiger partial charge < -0.3 is 10.0 Å². The molecule has 5 heteroatoms. The first-order valence-corrected chi connectivity index (χ1v) is 6.47. The summed E-state index contributed by atoms with van der Waals surface area (Å²) < 4.78 is 13.7. The highest BCUT2D eigenvalue weighted by Gasteiger charge is 2.13. The number of thioether (sulfide) groups is 1. The minimum absolute atomic E-state index is 0.168. The summed E-state index contributed by atoms with van der Waals surface area (Å²) in [5.41, 5.74) is 0.717. The highest BCUT2D eigenvalue weighted by atomic mass is 32.2. The Bertz CT molecular complexity index is 520. The van der Waals surface area contributed by atoms with E-state index in [1.807, 2.05) is 30.3 Å². The monoisotopic (exact) mass is 262 g/mol. The Morgan fingerprint density at radius 3 is 2.39 bits per heavy atom.